The molecule has 0 radical (unpaired) electrons. The number of carbonyl (C=O) groups is 3. The van der Waals surface area contributed by atoms with Gasteiger partial charge in [0.2, 0.25) is 5.91 Å². The topological polar surface area (TPSA) is 75.7 Å². The maximum Gasteiger partial charge on any atom is 0.330 e. The van der Waals surface area contributed by atoms with Crippen molar-refractivity contribution in [3.63, 3.8) is 0 Å². The monoisotopic (exact) mass is 384 g/mol. The Hall–Kier alpha value is -2.16. The number of ether oxygens (including phenoxy) is 1. The summed E-state index contributed by atoms with van der Waals surface area (Å²) in [5.41, 5.74) is -0.336. The molecule has 2 aliphatic rings. The molecule has 2 saturated heterocycles. The lowest BCUT2D eigenvalue weighted by Crippen LogP contribution is -2.48. The van der Waals surface area contributed by atoms with E-state index in [4.69, 9.17) is 4.74 Å². The molecule has 2 heterocycles. The molecule has 2 aliphatic heterocycles. The summed E-state index contributed by atoms with van der Waals surface area (Å²) in [5.74, 6) is -2.69. The highest BCUT2D eigenvalue weighted by molar-refractivity contribution is 8.01. The lowest BCUT2D eigenvalue weighted by Gasteiger charge is -2.29. The summed E-state index contributed by atoms with van der Waals surface area (Å²) in [6.07, 6.45) is -0.183. The summed E-state index contributed by atoms with van der Waals surface area (Å²) >= 11 is 1.51. The molecular formula is C17H18F2N2O4S. The van der Waals surface area contributed by atoms with Crippen LogP contribution in [0.3, 0.4) is 0 Å². The number of hydrogen-bond donors (Lipinski definition) is 1. The first-order valence-corrected chi connectivity index (χ1v) is 9.12. The van der Waals surface area contributed by atoms with Crippen LogP contribution < -0.4 is 5.32 Å². The first kappa shape index (κ1) is 18.6. The van der Waals surface area contributed by atoms with Gasteiger partial charge in [0.05, 0.1) is 10.6 Å². The van der Waals surface area contributed by atoms with Gasteiger partial charge in [-0.3, -0.25) is 9.59 Å². The van der Waals surface area contributed by atoms with E-state index in [1.165, 1.54) is 23.6 Å². The Balaban J connectivity index is 1.63. The molecule has 0 bridgehead atoms. The number of fused-ring (bicyclic) bond motifs is 1. The molecule has 1 aromatic carbocycles. The Kier molecular flexibility index (Phi) is 4.92. The molecule has 26 heavy (non-hydrogen) atoms. The minimum absolute atomic E-state index is 0.113. The predicted molar refractivity (Wildman–Crippen MR) is 91.3 cm³/mol. The zero-order valence-corrected chi connectivity index (χ0v) is 15.1. The SMILES string of the molecule is C[C@H](OC(=O)[C@H]1CS[C@@]2(C)CCC(=O)N12)C(=O)Nc1cc(F)ccc1F. The number of halogens is 2. The fourth-order valence-electron chi connectivity index (χ4n) is 3.13. The van der Waals surface area contributed by atoms with Crippen molar-refractivity contribution in [1.29, 1.82) is 0 Å². The highest BCUT2D eigenvalue weighted by Crippen LogP contribution is 2.47. The smallest absolute Gasteiger partial charge is 0.330 e. The highest BCUT2D eigenvalue weighted by Gasteiger charge is 2.53. The van der Waals surface area contributed by atoms with Crippen LogP contribution >= 0.6 is 11.8 Å². The minimum atomic E-state index is -1.22. The van der Waals surface area contributed by atoms with Crippen molar-refractivity contribution >= 4 is 35.2 Å². The van der Waals surface area contributed by atoms with Crippen LogP contribution in [0.1, 0.15) is 26.7 Å². The van der Waals surface area contributed by atoms with E-state index >= 15 is 0 Å². The van der Waals surface area contributed by atoms with Crippen LogP contribution in [0.25, 0.3) is 0 Å². The summed E-state index contributed by atoms with van der Waals surface area (Å²) in [4.78, 5) is 37.7. The van der Waals surface area contributed by atoms with Gasteiger partial charge in [-0.2, -0.15) is 0 Å². The average Bonchev–Trinajstić information content (AvgIpc) is 3.07. The van der Waals surface area contributed by atoms with Gasteiger partial charge < -0.3 is 15.0 Å². The number of rotatable bonds is 4. The number of nitrogens with one attached hydrogen (secondary N) is 1. The van der Waals surface area contributed by atoms with Crippen molar-refractivity contribution in [3.8, 4) is 0 Å². The van der Waals surface area contributed by atoms with Gasteiger partial charge in [-0.05, 0) is 32.4 Å². The standard InChI is InChI=1S/C17H18F2N2O4S/c1-9(15(23)20-12-7-10(18)3-4-11(12)19)25-16(24)13-8-26-17(2)6-5-14(22)21(13)17/h3-4,7,9,13H,5-6,8H2,1-2H3,(H,20,23)/t9-,13+,17-/m0/s1. The van der Waals surface area contributed by atoms with Gasteiger partial charge in [-0.25, -0.2) is 13.6 Å². The van der Waals surface area contributed by atoms with Crippen molar-refractivity contribution in [1.82, 2.24) is 4.90 Å². The van der Waals surface area contributed by atoms with Crippen molar-refractivity contribution < 1.29 is 27.9 Å². The number of carbonyl (C=O) groups excluding carboxylic acids is 3. The van der Waals surface area contributed by atoms with Crippen LogP contribution in [0.2, 0.25) is 0 Å². The second-order valence-corrected chi connectivity index (χ2v) is 7.96. The Morgan fingerprint density at radius 3 is 2.88 bits per heavy atom. The lowest BCUT2D eigenvalue weighted by molar-refractivity contribution is -0.160. The third-order valence-corrected chi connectivity index (χ3v) is 6.07. The van der Waals surface area contributed by atoms with Crippen LogP contribution in [0.15, 0.2) is 18.2 Å². The normalized spacial score (nSPS) is 25.8. The van der Waals surface area contributed by atoms with Crippen molar-refractivity contribution in [2.24, 2.45) is 0 Å². The van der Waals surface area contributed by atoms with E-state index in [-0.39, 0.29) is 11.6 Å². The molecule has 1 aromatic rings. The van der Waals surface area contributed by atoms with Crippen molar-refractivity contribution in [2.45, 2.75) is 43.7 Å². The van der Waals surface area contributed by atoms with Gasteiger partial charge in [0, 0.05) is 18.2 Å². The molecule has 2 amide bonds. The molecule has 6 nitrogen and oxygen atoms in total. The van der Waals surface area contributed by atoms with E-state index in [0.717, 1.165) is 18.2 Å². The summed E-state index contributed by atoms with van der Waals surface area (Å²) < 4.78 is 31.9. The average molecular weight is 384 g/mol. The zero-order chi connectivity index (χ0) is 19.1. The molecule has 0 unspecified atom stereocenters. The Morgan fingerprint density at radius 1 is 1.42 bits per heavy atom. The quantitative estimate of drug-likeness (QED) is 0.806. The van der Waals surface area contributed by atoms with E-state index in [9.17, 15) is 23.2 Å². The van der Waals surface area contributed by atoms with E-state index < -0.39 is 40.5 Å². The van der Waals surface area contributed by atoms with Crippen LogP contribution in [-0.2, 0) is 19.1 Å². The number of hydrogen-bond acceptors (Lipinski definition) is 5. The number of benzene rings is 1. The highest BCUT2D eigenvalue weighted by atomic mass is 32.2. The third kappa shape index (κ3) is 3.40. The van der Waals surface area contributed by atoms with Crippen LogP contribution in [0.5, 0.6) is 0 Å². The van der Waals surface area contributed by atoms with E-state index in [1.54, 1.807) is 0 Å². The molecule has 140 valence electrons. The zero-order valence-electron chi connectivity index (χ0n) is 14.3. The van der Waals surface area contributed by atoms with E-state index in [1.807, 2.05) is 6.92 Å². The Morgan fingerprint density at radius 2 is 2.15 bits per heavy atom. The number of esters is 1. The fraction of sp³-hybridized carbons (Fsp3) is 0.471. The van der Waals surface area contributed by atoms with Gasteiger partial charge >= 0.3 is 5.97 Å². The molecule has 1 N–H and O–H groups in total. The van der Waals surface area contributed by atoms with Gasteiger partial charge in [0.25, 0.3) is 5.91 Å². The minimum Gasteiger partial charge on any atom is -0.451 e. The Labute approximate surface area is 153 Å². The van der Waals surface area contributed by atoms with Gasteiger partial charge in [0.1, 0.15) is 17.7 Å². The molecule has 0 aliphatic carbocycles. The fourth-order valence-corrected chi connectivity index (χ4v) is 4.55. The second kappa shape index (κ2) is 6.86. The number of thioether (sulfide) groups is 1. The van der Waals surface area contributed by atoms with E-state index in [2.05, 4.69) is 5.32 Å². The molecule has 0 aromatic heterocycles. The number of anilines is 1. The third-order valence-electron chi connectivity index (χ3n) is 4.57. The summed E-state index contributed by atoms with van der Waals surface area (Å²) in [5, 5.41) is 2.19. The largest absolute Gasteiger partial charge is 0.451 e. The van der Waals surface area contributed by atoms with Gasteiger partial charge in [-0.15, -0.1) is 11.8 Å². The van der Waals surface area contributed by atoms with Crippen LogP contribution in [0, 0.1) is 11.6 Å². The maximum absolute atomic E-state index is 13.6. The first-order chi connectivity index (χ1) is 12.2. The summed E-state index contributed by atoms with van der Waals surface area (Å²) in [6, 6.07) is 1.90. The molecule has 0 spiro atoms. The molecule has 9 heteroatoms. The molecule has 3 atom stereocenters. The van der Waals surface area contributed by atoms with Crippen LogP contribution in [-0.4, -0.2) is 45.5 Å². The van der Waals surface area contributed by atoms with Crippen molar-refractivity contribution in [3.05, 3.63) is 29.8 Å². The second-order valence-electron chi connectivity index (χ2n) is 6.46. The molecular weight excluding hydrogens is 366 g/mol. The Bertz CT molecular complexity index is 775. The van der Waals surface area contributed by atoms with Gasteiger partial charge in [0.15, 0.2) is 6.10 Å². The van der Waals surface area contributed by atoms with E-state index in [0.29, 0.717) is 18.6 Å². The number of nitrogens with zero attached hydrogens (tertiary/aromatic N) is 1. The summed E-state index contributed by atoms with van der Waals surface area (Å²) in [7, 11) is 0. The lowest BCUT2D eigenvalue weighted by atomic mass is 10.2. The molecule has 3 rings (SSSR count). The molecule has 0 saturated carbocycles. The number of amides is 2. The first-order valence-electron chi connectivity index (χ1n) is 8.14. The van der Waals surface area contributed by atoms with Crippen molar-refractivity contribution in [2.75, 3.05) is 11.1 Å². The summed E-state index contributed by atoms with van der Waals surface area (Å²) in [6.45, 7) is 3.23. The van der Waals surface area contributed by atoms with Gasteiger partial charge in [-0.1, -0.05) is 0 Å². The maximum atomic E-state index is 13.6. The predicted octanol–water partition coefficient (Wildman–Crippen LogP) is 2.29. The van der Waals surface area contributed by atoms with Crippen LogP contribution in [0.4, 0.5) is 14.5 Å². The molecule has 2 fully saturated rings.